The first kappa shape index (κ1) is 11.7. The summed E-state index contributed by atoms with van der Waals surface area (Å²) in [4.78, 5) is 13.4. The van der Waals surface area contributed by atoms with Crippen molar-refractivity contribution in [1.82, 2.24) is 0 Å². The summed E-state index contributed by atoms with van der Waals surface area (Å²) in [7, 11) is 1.76. The molecule has 0 fully saturated rings. The fraction of sp³-hybridized carbons (Fsp3) is 0.417. The number of hydrogen-bond acceptors (Lipinski definition) is 2. The van der Waals surface area contributed by atoms with Crippen LogP contribution in [0.15, 0.2) is 30.3 Å². The van der Waals surface area contributed by atoms with Crippen LogP contribution in [0.25, 0.3) is 0 Å². The Bertz CT molecular complexity index is 311. The molecule has 0 saturated carbocycles. The van der Waals surface area contributed by atoms with Gasteiger partial charge >= 0.3 is 0 Å². The van der Waals surface area contributed by atoms with Crippen LogP contribution in [0.2, 0.25) is 0 Å². The largest absolute Gasteiger partial charge is 0.320 e. The van der Waals surface area contributed by atoms with Gasteiger partial charge in [0.1, 0.15) is 0 Å². The minimum Gasteiger partial charge on any atom is -0.320 e. The van der Waals surface area contributed by atoms with Crippen LogP contribution in [0.3, 0.4) is 0 Å². The zero-order chi connectivity index (χ0) is 11.3. The Morgan fingerprint density at radius 1 is 1.40 bits per heavy atom. The number of rotatable bonds is 4. The summed E-state index contributed by atoms with van der Waals surface area (Å²) in [5, 5.41) is 0. The zero-order valence-electron chi connectivity index (χ0n) is 9.31. The van der Waals surface area contributed by atoms with Gasteiger partial charge in [-0.05, 0) is 18.6 Å². The first-order valence-corrected chi connectivity index (χ1v) is 5.25. The van der Waals surface area contributed by atoms with Gasteiger partial charge in [-0.1, -0.05) is 31.5 Å². The molecule has 0 heterocycles. The topological polar surface area (TPSA) is 46.3 Å². The molecule has 0 radical (unpaired) electrons. The standard InChI is InChI=1S/C12H18N2O/c1-3-7-11(13)12(15)14(2)10-8-5-4-6-9-10/h4-6,8-9,11H,3,7,13H2,1-2H3/t11-/m0/s1. The average Bonchev–Trinajstić information content (AvgIpc) is 2.28. The summed E-state index contributed by atoms with van der Waals surface area (Å²) in [5.74, 6) is -0.0250. The highest BCUT2D eigenvalue weighted by molar-refractivity contribution is 5.96. The Balaban J connectivity index is 2.69. The third-order valence-corrected chi connectivity index (χ3v) is 2.39. The van der Waals surface area contributed by atoms with Crippen molar-refractivity contribution in [3.05, 3.63) is 30.3 Å². The van der Waals surface area contributed by atoms with Crippen molar-refractivity contribution < 1.29 is 4.79 Å². The van der Waals surface area contributed by atoms with Crippen LogP contribution in [-0.2, 0) is 4.79 Å². The third-order valence-electron chi connectivity index (χ3n) is 2.39. The average molecular weight is 206 g/mol. The molecule has 0 unspecified atom stereocenters. The van der Waals surface area contributed by atoms with E-state index < -0.39 is 0 Å². The molecular formula is C12H18N2O. The Labute approximate surface area is 90.9 Å². The first-order valence-electron chi connectivity index (χ1n) is 5.25. The van der Waals surface area contributed by atoms with E-state index >= 15 is 0 Å². The highest BCUT2D eigenvalue weighted by Crippen LogP contribution is 2.12. The normalized spacial score (nSPS) is 12.2. The number of likely N-dealkylation sites (N-methyl/N-ethyl adjacent to an activating group) is 1. The van der Waals surface area contributed by atoms with Crippen LogP contribution in [0.1, 0.15) is 19.8 Å². The van der Waals surface area contributed by atoms with E-state index in [1.165, 1.54) is 0 Å². The monoisotopic (exact) mass is 206 g/mol. The van der Waals surface area contributed by atoms with E-state index in [1.807, 2.05) is 37.3 Å². The molecule has 0 aromatic heterocycles. The molecule has 0 saturated heterocycles. The predicted octanol–water partition coefficient (Wildman–Crippen LogP) is 1.78. The van der Waals surface area contributed by atoms with E-state index in [4.69, 9.17) is 5.73 Å². The number of benzene rings is 1. The lowest BCUT2D eigenvalue weighted by molar-refractivity contribution is -0.119. The SMILES string of the molecule is CCC[C@H](N)C(=O)N(C)c1ccccc1. The summed E-state index contributed by atoms with van der Waals surface area (Å²) in [5.41, 5.74) is 6.66. The van der Waals surface area contributed by atoms with E-state index in [1.54, 1.807) is 11.9 Å². The molecule has 0 spiro atoms. The summed E-state index contributed by atoms with van der Waals surface area (Å²) in [6.07, 6.45) is 1.66. The molecule has 0 aliphatic heterocycles. The third kappa shape index (κ3) is 3.06. The van der Waals surface area contributed by atoms with E-state index in [2.05, 4.69) is 0 Å². The summed E-state index contributed by atoms with van der Waals surface area (Å²) in [6.45, 7) is 2.02. The molecule has 15 heavy (non-hydrogen) atoms. The molecule has 1 aromatic carbocycles. The van der Waals surface area contributed by atoms with Gasteiger partial charge in [-0.25, -0.2) is 0 Å². The molecule has 82 valence electrons. The maximum atomic E-state index is 11.8. The molecule has 0 bridgehead atoms. The van der Waals surface area contributed by atoms with Crippen molar-refractivity contribution in [1.29, 1.82) is 0 Å². The Morgan fingerprint density at radius 2 is 2.00 bits per heavy atom. The zero-order valence-corrected chi connectivity index (χ0v) is 9.31. The maximum Gasteiger partial charge on any atom is 0.243 e. The van der Waals surface area contributed by atoms with E-state index in [9.17, 15) is 4.79 Å². The minimum absolute atomic E-state index is 0.0250. The lowest BCUT2D eigenvalue weighted by Gasteiger charge is -2.21. The number of amides is 1. The lowest BCUT2D eigenvalue weighted by Crippen LogP contribution is -2.41. The highest BCUT2D eigenvalue weighted by Gasteiger charge is 2.17. The van der Waals surface area contributed by atoms with Gasteiger partial charge in [0.2, 0.25) is 5.91 Å². The second-order valence-electron chi connectivity index (χ2n) is 3.63. The number of anilines is 1. The van der Waals surface area contributed by atoms with Crippen LogP contribution >= 0.6 is 0 Å². The molecule has 3 heteroatoms. The van der Waals surface area contributed by atoms with Crippen LogP contribution < -0.4 is 10.6 Å². The Kier molecular flexibility index (Phi) is 4.31. The number of nitrogens with zero attached hydrogens (tertiary/aromatic N) is 1. The molecule has 0 aliphatic carbocycles. The Hall–Kier alpha value is -1.35. The maximum absolute atomic E-state index is 11.8. The van der Waals surface area contributed by atoms with Crippen molar-refractivity contribution in [2.24, 2.45) is 5.73 Å². The quantitative estimate of drug-likeness (QED) is 0.816. The minimum atomic E-state index is -0.389. The second kappa shape index (κ2) is 5.51. The molecule has 0 aliphatic rings. The molecule has 2 N–H and O–H groups in total. The summed E-state index contributed by atoms with van der Waals surface area (Å²) in [6, 6.07) is 9.15. The Morgan fingerprint density at radius 3 is 2.53 bits per heavy atom. The predicted molar refractivity (Wildman–Crippen MR) is 62.7 cm³/mol. The summed E-state index contributed by atoms with van der Waals surface area (Å²) < 4.78 is 0. The molecule has 1 amide bonds. The van der Waals surface area contributed by atoms with Gasteiger partial charge < -0.3 is 10.6 Å². The number of nitrogens with two attached hydrogens (primary N) is 1. The van der Waals surface area contributed by atoms with Gasteiger partial charge in [-0.2, -0.15) is 0 Å². The first-order chi connectivity index (χ1) is 7.16. The summed E-state index contributed by atoms with van der Waals surface area (Å²) >= 11 is 0. The number of hydrogen-bond donors (Lipinski definition) is 1. The highest BCUT2D eigenvalue weighted by atomic mass is 16.2. The fourth-order valence-corrected chi connectivity index (χ4v) is 1.46. The smallest absolute Gasteiger partial charge is 0.243 e. The van der Waals surface area contributed by atoms with Crippen LogP contribution in [0, 0.1) is 0 Å². The second-order valence-corrected chi connectivity index (χ2v) is 3.63. The van der Waals surface area contributed by atoms with Gasteiger partial charge in [0, 0.05) is 12.7 Å². The fourth-order valence-electron chi connectivity index (χ4n) is 1.46. The molecular weight excluding hydrogens is 188 g/mol. The molecule has 1 atom stereocenters. The van der Waals surface area contributed by atoms with Crippen LogP contribution in [-0.4, -0.2) is 19.0 Å². The van der Waals surface area contributed by atoms with Gasteiger partial charge in [0.25, 0.3) is 0 Å². The van der Waals surface area contributed by atoms with E-state index in [0.29, 0.717) is 0 Å². The van der Waals surface area contributed by atoms with E-state index in [0.717, 1.165) is 18.5 Å². The van der Waals surface area contributed by atoms with Crippen molar-refractivity contribution in [3.8, 4) is 0 Å². The van der Waals surface area contributed by atoms with Gasteiger partial charge in [-0.15, -0.1) is 0 Å². The van der Waals surface area contributed by atoms with Gasteiger partial charge in [-0.3, -0.25) is 4.79 Å². The van der Waals surface area contributed by atoms with Crippen LogP contribution in [0.4, 0.5) is 5.69 Å². The number of carbonyl (C=O) groups is 1. The van der Waals surface area contributed by atoms with Crippen molar-refractivity contribution in [2.75, 3.05) is 11.9 Å². The lowest BCUT2D eigenvalue weighted by atomic mass is 10.1. The van der Waals surface area contributed by atoms with Crippen molar-refractivity contribution >= 4 is 11.6 Å². The van der Waals surface area contributed by atoms with Crippen molar-refractivity contribution in [3.63, 3.8) is 0 Å². The number of carbonyl (C=O) groups excluding carboxylic acids is 1. The molecule has 1 aromatic rings. The van der Waals surface area contributed by atoms with Crippen molar-refractivity contribution in [2.45, 2.75) is 25.8 Å². The van der Waals surface area contributed by atoms with Crippen LogP contribution in [0.5, 0.6) is 0 Å². The molecule has 3 nitrogen and oxygen atoms in total. The molecule has 1 rings (SSSR count). The van der Waals surface area contributed by atoms with E-state index in [-0.39, 0.29) is 11.9 Å². The van der Waals surface area contributed by atoms with Gasteiger partial charge in [0.15, 0.2) is 0 Å². The van der Waals surface area contributed by atoms with Gasteiger partial charge in [0.05, 0.1) is 6.04 Å². The number of para-hydroxylation sites is 1.